The van der Waals surface area contributed by atoms with Crippen molar-refractivity contribution < 1.29 is 18.7 Å². The molecule has 0 aliphatic carbocycles. The van der Waals surface area contributed by atoms with Crippen molar-refractivity contribution in [2.75, 3.05) is 38.5 Å². The SMILES string of the molecule is CC=N.CNc1ccc(-c2ccc(CN(C)c3cc(F)cc(/C=C/C=O)c3)cc2)cc1.COC.O=Cc1ccccc1. The first kappa shape index (κ1) is 35.1. The summed E-state index contributed by atoms with van der Waals surface area (Å²) in [4.78, 5) is 22.5. The number of halogens is 1. The molecule has 4 aromatic rings. The summed E-state index contributed by atoms with van der Waals surface area (Å²) in [5, 5.41) is 9.20. The zero-order valence-electron chi connectivity index (χ0n) is 24.9. The van der Waals surface area contributed by atoms with E-state index >= 15 is 0 Å². The normalized spacial score (nSPS) is 9.57. The fourth-order valence-corrected chi connectivity index (χ4v) is 3.59. The second-order valence-electron chi connectivity index (χ2n) is 8.84. The zero-order valence-corrected chi connectivity index (χ0v) is 24.9. The number of anilines is 2. The van der Waals surface area contributed by atoms with Gasteiger partial charge in [0.2, 0.25) is 0 Å². The van der Waals surface area contributed by atoms with Crippen molar-refractivity contribution in [1.29, 1.82) is 5.41 Å². The monoisotopic (exact) mass is 569 g/mol. The molecular formula is C35H40FN3O3. The molecule has 7 heteroatoms. The zero-order chi connectivity index (χ0) is 31.2. The number of rotatable bonds is 8. The topological polar surface area (TPSA) is 82.5 Å². The van der Waals surface area contributed by atoms with Crippen LogP contribution in [0.15, 0.2) is 103 Å². The van der Waals surface area contributed by atoms with Crippen LogP contribution in [0.25, 0.3) is 17.2 Å². The highest BCUT2D eigenvalue weighted by molar-refractivity contribution is 5.75. The van der Waals surface area contributed by atoms with E-state index in [1.54, 1.807) is 39.4 Å². The molecule has 0 radical (unpaired) electrons. The first-order chi connectivity index (χ1) is 20.3. The third-order valence-electron chi connectivity index (χ3n) is 5.53. The number of nitrogens with one attached hydrogen (secondary N) is 2. The minimum atomic E-state index is -0.324. The number of nitrogens with zero attached hydrogens (tertiary/aromatic N) is 1. The Morgan fingerprint density at radius 1 is 0.857 bits per heavy atom. The number of carbonyl (C=O) groups excluding carboxylic acids is 2. The van der Waals surface area contributed by atoms with Gasteiger partial charge in [-0.25, -0.2) is 4.39 Å². The van der Waals surface area contributed by atoms with E-state index in [0.717, 1.165) is 39.9 Å². The number of allylic oxidation sites excluding steroid dienone is 1. The van der Waals surface area contributed by atoms with Crippen LogP contribution in [0.4, 0.5) is 15.8 Å². The number of aldehydes is 2. The van der Waals surface area contributed by atoms with Gasteiger partial charge >= 0.3 is 0 Å². The Hall–Kier alpha value is -4.88. The van der Waals surface area contributed by atoms with Gasteiger partial charge < -0.3 is 20.4 Å². The predicted octanol–water partition coefficient (Wildman–Crippen LogP) is 7.80. The van der Waals surface area contributed by atoms with Gasteiger partial charge in [-0.05, 0) is 71.8 Å². The smallest absolute Gasteiger partial charge is 0.150 e. The van der Waals surface area contributed by atoms with Crippen LogP contribution in [-0.2, 0) is 16.1 Å². The maximum absolute atomic E-state index is 13.9. The van der Waals surface area contributed by atoms with Crippen molar-refractivity contribution in [1.82, 2.24) is 0 Å². The molecule has 0 spiro atoms. The van der Waals surface area contributed by atoms with Crippen LogP contribution in [0.2, 0.25) is 0 Å². The van der Waals surface area contributed by atoms with Gasteiger partial charge in [-0.15, -0.1) is 0 Å². The average molecular weight is 570 g/mol. The Kier molecular flexibility index (Phi) is 17.5. The Morgan fingerprint density at radius 3 is 1.88 bits per heavy atom. The van der Waals surface area contributed by atoms with Crippen LogP contribution < -0.4 is 10.2 Å². The molecule has 6 nitrogen and oxygen atoms in total. The lowest BCUT2D eigenvalue weighted by molar-refractivity contribution is -0.104. The molecule has 220 valence electrons. The molecule has 4 aromatic carbocycles. The summed E-state index contributed by atoms with van der Waals surface area (Å²) in [5.41, 5.74) is 6.68. The molecule has 0 saturated carbocycles. The second kappa shape index (κ2) is 20.9. The summed E-state index contributed by atoms with van der Waals surface area (Å²) in [6.07, 6.45) is 5.73. The second-order valence-corrected chi connectivity index (χ2v) is 8.84. The van der Waals surface area contributed by atoms with Gasteiger partial charge in [-0.3, -0.25) is 9.59 Å². The third-order valence-corrected chi connectivity index (χ3v) is 5.53. The summed E-state index contributed by atoms with van der Waals surface area (Å²) in [6, 6.07) is 30.5. The fraction of sp³-hybridized carbons (Fsp3) is 0.171. The number of hydrogen-bond donors (Lipinski definition) is 2. The van der Waals surface area contributed by atoms with Crippen molar-refractivity contribution in [2.45, 2.75) is 13.5 Å². The lowest BCUT2D eigenvalue weighted by Gasteiger charge is -2.20. The molecule has 0 aliphatic heterocycles. The Balaban J connectivity index is 0.000000521. The third kappa shape index (κ3) is 13.5. The largest absolute Gasteiger partial charge is 0.388 e. The van der Waals surface area contributed by atoms with Gasteiger partial charge in [-0.2, -0.15) is 0 Å². The number of carbonyl (C=O) groups is 2. The molecule has 0 aliphatic rings. The Bertz CT molecular complexity index is 1360. The Morgan fingerprint density at radius 2 is 1.40 bits per heavy atom. The molecule has 0 unspecified atom stereocenters. The summed E-state index contributed by atoms with van der Waals surface area (Å²) in [5.74, 6) is -0.324. The molecule has 42 heavy (non-hydrogen) atoms. The van der Waals surface area contributed by atoms with Gasteiger partial charge in [0.1, 0.15) is 18.4 Å². The first-order valence-corrected chi connectivity index (χ1v) is 13.2. The first-order valence-electron chi connectivity index (χ1n) is 13.2. The standard InChI is InChI=1S/C24H23FN2O.C7H6O.C2H5N.C2H6O/c1-26-23-11-9-21(10-12-23)20-7-5-18(6-8-20)17-27(2)24-15-19(4-3-13-28)14-22(25)16-24;8-6-7-4-2-1-3-5-7;1-2-3;1-3-2/h3-16,26H,17H2,1-2H3;1-6H;2-3H,1H3;1-2H3/b4-3+;;;. The van der Waals surface area contributed by atoms with E-state index in [-0.39, 0.29) is 5.82 Å². The van der Waals surface area contributed by atoms with Crippen LogP contribution in [0, 0.1) is 11.2 Å². The van der Waals surface area contributed by atoms with Crippen molar-refractivity contribution in [2.24, 2.45) is 0 Å². The molecule has 2 N–H and O–H groups in total. The van der Waals surface area contributed by atoms with E-state index < -0.39 is 0 Å². The minimum Gasteiger partial charge on any atom is -0.388 e. The van der Waals surface area contributed by atoms with Gasteiger partial charge in [0, 0.05) is 51.8 Å². The molecule has 0 heterocycles. The van der Waals surface area contributed by atoms with Crippen LogP contribution in [-0.4, -0.2) is 47.1 Å². The highest BCUT2D eigenvalue weighted by Crippen LogP contribution is 2.24. The van der Waals surface area contributed by atoms with Crippen molar-refractivity contribution in [3.05, 3.63) is 126 Å². The highest BCUT2D eigenvalue weighted by Gasteiger charge is 2.06. The maximum atomic E-state index is 13.9. The molecule has 0 bridgehead atoms. The van der Waals surface area contributed by atoms with Crippen LogP contribution >= 0.6 is 0 Å². The summed E-state index contributed by atoms with van der Waals surface area (Å²) >= 11 is 0. The van der Waals surface area contributed by atoms with E-state index in [9.17, 15) is 14.0 Å². The van der Waals surface area contributed by atoms with Crippen LogP contribution in [0.5, 0.6) is 0 Å². The molecule has 4 rings (SSSR count). The molecule has 0 aromatic heterocycles. The molecule has 0 saturated heterocycles. The summed E-state index contributed by atoms with van der Waals surface area (Å²) < 4.78 is 18.1. The van der Waals surface area contributed by atoms with Gasteiger partial charge in [-0.1, -0.05) is 72.8 Å². The highest BCUT2D eigenvalue weighted by atomic mass is 19.1. The lowest BCUT2D eigenvalue weighted by Crippen LogP contribution is -2.16. The number of hydrogen-bond acceptors (Lipinski definition) is 6. The molecule has 0 amide bonds. The van der Waals surface area contributed by atoms with Crippen molar-refractivity contribution in [3.8, 4) is 11.1 Å². The van der Waals surface area contributed by atoms with Gasteiger partial charge in [0.05, 0.1) is 0 Å². The molecule has 0 fully saturated rings. The number of benzene rings is 4. The summed E-state index contributed by atoms with van der Waals surface area (Å²) in [7, 11) is 7.08. The van der Waals surface area contributed by atoms with Gasteiger partial charge in [0.15, 0.2) is 0 Å². The number of methoxy groups -OCH3 is 1. The van der Waals surface area contributed by atoms with Gasteiger partial charge in [0.25, 0.3) is 0 Å². The average Bonchev–Trinajstić information content (AvgIpc) is 3.02. The summed E-state index contributed by atoms with van der Waals surface area (Å²) in [6.45, 7) is 2.32. The Labute approximate surface area is 249 Å². The maximum Gasteiger partial charge on any atom is 0.150 e. The molecule has 0 atom stereocenters. The fourth-order valence-electron chi connectivity index (χ4n) is 3.59. The quantitative estimate of drug-likeness (QED) is 0.129. The number of ether oxygens (including phenoxy) is 1. The predicted molar refractivity (Wildman–Crippen MR) is 174 cm³/mol. The van der Waals surface area contributed by atoms with E-state index in [1.807, 2.05) is 43.3 Å². The lowest BCUT2D eigenvalue weighted by atomic mass is 10.0. The van der Waals surface area contributed by atoms with E-state index in [1.165, 1.54) is 24.4 Å². The van der Waals surface area contributed by atoms with E-state index in [0.29, 0.717) is 18.4 Å². The van der Waals surface area contributed by atoms with E-state index in [2.05, 4.69) is 58.6 Å². The molecular weight excluding hydrogens is 529 g/mol. The minimum absolute atomic E-state index is 0.324. The van der Waals surface area contributed by atoms with E-state index in [4.69, 9.17) is 5.41 Å². The van der Waals surface area contributed by atoms with Crippen LogP contribution in [0.3, 0.4) is 0 Å². The van der Waals surface area contributed by atoms with Crippen molar-refractivity contribution in [3.63, 3.8) is 0 Å². The van der Waals surface area contributed by atoms with Crippen molar-refractivity contribution >= 4 is 36.2 Å². The van der Waals surface area contributed by atoms with Crippen LogP contribution in [0.1, 0.15) is 28.4 Å².